The van der Waals surface area contributed by atoms with Crippen molar-refractivity contribution in [1.82, 2.24) is 15.1 Å². The van der Waals surface area contributed by atoms with Crippen molar-refractivity contribution in [3.63, 3.8) is 0 Å². The summed E-state index contributed by atoms with van der Waals surface area (Å²) in [6.45, 7) is 8.48. The SMILES string of the molecule is Cc1nn(C)c(CNCC2(C(C)C)CC2)c1Cl. The Hall–Kier alpha value is -0.540. The van der Waals surface area contributed by atoms with Crippen molar-refractivity contribution < 1.29 is 0 Å². The molecular weight excluding hydrogens is 234 g/mol. The van der Waals surface area contributed by atoms with Crippen LogP contribution in [0.4, 0.5) is 0 Å². The molecule has 0 spiro atoms. The van der Waals surface area contributed by atoms with E-state index < -0.39 is 0 Å². The largest absolute Gasteiger partial charge is 0.311 e. The molecule has 17 heavy (non-hydrogen) atoms. The van der Waals surface area contributed by atoms with Crippen molar-refractivity contribution in [2.45, 2.75) is 40.2 Å². The lowest BCUT2D eigenvalue weighted by Crippen LogP contribution is -2.28. The molecule has 1 N–H and O–H groups in total. The maximum Gasteiger partial charge on any atom is 0.0860 e. The van der Waals surface area contributed by atoms with E-state index in [9.17, 15) is 0 Å². The summed E-state index contributed by atoms with van der Waals surface area (Å²) in [7, 11) is 1.95. The first kappa shape index (κ1) is 12.9. The van der Waals surface area contributed by atoms with E-state index in [-0.39, 0.29) is 0 Å². The summed E-state index contributed by atoms with van der Waals surface area (Å²) in [4.78, 5) is 0. The summed E-state index contributed by atoms with van der Waals surface area (Å²) in [5.41, 5.74) is 2.54. The predicted molar refractivity (Wildman–Crippen MR) is 71.2 cm³/mol. The van der Waals surface area contributed by atoms with Crippen molar-refractivity contribution in [2.24, 2.45) is 18.4 Å². The minimum Gasteiger partial charge on any atom is -0.311 e. The van der Waals surface area contributed by atoms with Gasteiger partial charge in [-0.1, -0.05) is 25.4 Å². The lowest BCUT2D eigenvalue weighted by Gasteiger charge is -2.20. The van der Waals surface area contributed by atoms with Gasteiger partial charge >= 0.3 is 0 Å². The third-order valence-corrected chi connectivity index (χ3v) is 4.64. The molecular formula is C13H22ClN3. The maximum atomic E-state index is 6.22. The van der Waals surface area contributed by atoms with E-state index in [0.29, 0.717) is 5.41 Å². The molecule has 0 unspecified atom stereocenters. The van der Waals surface area contributed by atoms with Gasteiger partial charge in [-0.2, -0.15) is 5.10 Å². The molecule has 1 saturated carbocycles. The van der Waals surface area contributed by atoms with Crippen molar-refractivity contribution >= 4 is 11.6 Å². The number of hydrogen-bond donors (Lipinski definition) is 1. The first-order chi connectivity index (χ1) is 7.96. The lowest BCUT2D eigenvalue weighted by atomic mass is 9.92. The van der Waals surface area contributed by atoms with Crippen molar-refractivity contribution in [3.05, 3.63) is 16.4 Å². The quantitative estimate of drug-likeness (QED) is 0.877. The van der Waals surface area contributed by atoms with Crippen LogP contribution in [0.5, 0.6) is 0 Å². The third kappa shape index (κ3) is 2.50. The minimum absolute atomic E-state index is 0.542. The van der Waals surface area contributed by atoms with Crippen LogP contribution in [-0.2, 0) is 13.6 Å². The Bertz CT molecular complexity index is 405. The van der Waals surface area contributed by atoms with Crippen LogP contribution in [0.1, 0.15) is 38.1 Å². The van der Waals surface area contributed by atoms with E-state index in [1.54, 1.807) is 0 Å². The number of halogens is 1. The van der Waals surface area contributed by atoms with Gasteiger partial charge in [-0.3, -0.25) is 4.68 Å². The zero-order chi connectivity index (χ0) is 12.6. The molecule has 0 amide bonds. The number of nitrogens with one attached hydrogen (secondary N) is 1. The summed E-state index contributed by atoms with van der Waals surface area (Å²) >= 11 is 6.22. The molecule has 1 aromatic heterocycles. The fourth-order valence-corrected chi connectivity index (χ4v) is 2.65. The fraction of sp³-hybridized carbons (Fsp3) is 0.769. The minimum atomic E-state index is 0.542. The summed E-state index contributed by atoms with van der Waals surface area (Å²) in [5.74, 6) is 0.763. The molecule has 1 aliphatic rings. The first-order valence-electron chi connectivity index (χ1n) is 6.35. The van der Waals surface area contributed by atoms with Crippen LogP contribution < -0.4 is 5.32 Å². The summed E-state index contributed by atoms with van der Waals surface area (Å²) in [5, 5.41) is 8.66. The fourth-order valence-electron chi connectivity index (χ4n) is 2.42. The molecule has 0 saturated heterocycles. The zero-order valence-electron chi connectivity index (χ0n) is 11.2. The molecule has 0 aromatic carbocycles. The van der Waals surface area contributed by atoms with Gasteiger partial charge in [0.05, 0.1) is 16.4 Å². The molecule has 2 rings (SSSR count). The van der Waals surface area contributed by atoms with E-state index in [1.165, 1.54) is 12.8 Å². The van der Waals surface area contributed by atoms with Crippen LogP contribution in [0.15, 0.2) is 0 Å². The van der Waals surface area contributed by atoms with Gasteiger partial charge in [-0.05, 0) is 31.1 Å². The van der Waals surface area contributed by atoms with Gasteiger partial charge in [0.15, 0.2) is 0 Å². The molecule has 96 valence electrons. The van der Waals surface area contributed by atoms with Crippen LogP contribution in [0.2, 0.25) is 5.02 Å². The van der Waals surface area contributed by atoms with Crippen LogP contribution in [0.25, 0.3) is 0 Å². The van der Waals surface area contributed by atoms with Gasteiger partial charge in [0.25, 0.3) is 0 Å². The first-order valence-corrected chi connectivity index (χ1v) is 6.73. The Kier molecular flexibility index (Phi) is 3.50. The van der Waals surface area contributed by atoms with Crippen LogP contribution in [-0.4, -0.2) is 16.3 Å². The number of aryl methyl sites for hydroxylation is 2. The van der Waals surface area contributed by atoms with Crippen LogP contribution in [0.3, 0.4) is 0 Å². The van der Waals surface area contributed by atoms with Crippen molar-refractivity contribution in [3.8, 4) is 0 Å². The third-order valence-electron chi connectivity index (χ3n) is 4.15. The normalized spacial score (nSPS) is 17.8. The second kappa shape index (κ2) is 4.62. The average Bonchev–Trinajstić information content (AvgIpc) is 2.99. The second-order valence-electron chi connectivity index (χ2n) is 5.59. The predicted octanol–water partition coefficient (Wildman–Crippen LogP) is 2.91. The standard InChI is InChI=1S/C13H22ClN3/c1-9(2)13(5-6-13)8-15-7-11-12(14)10(3)16-17(11)4/h9,15H,5-8H2,1-4H3. The molecule has 0 atom stereocenters. The molecule has 1 aliphatic carbocycles. The summed E-state index contributed by atoms with van der Waals surface area (Å²) in [6.07, 6.45) is 2.71. The van der Waals surface area contributed by atoms with Crippen molar-refractivity contribution in [2.75, 3.05) is 6.54 Å². The van der Waals surface area contributed by atoms with Gasteiger partial charge in [0.2, 0.25) is 0 Å². The van der Waals surface area contributed by atoms with Gasteiger partial charge < -0.3 is 5.32 Å². The molecule has 1 heterocycles. The highest BCUT2D eigenvalue weighted by Gasteiger charge is 2.44. The Morgan fingerprint density at radius 3 is 2.53 bits per heavy atom. The summed E-state index contributed by atoms with van der Waals surface area (Å²) in [6, 6.07) is 0. The van der Waals surface area contributed by atoms with Crippen molar-refractivity contribution in [1.29, 1.82) is 0 Å². The molecule has 3 nitrogen and oxygen atoms in total. The van der Waals surface area contributed by atoms with E-state index in [4.69, 9.17) is 11.6 Å². The van der Waals surface area contributed by atoms with E-state index in [1.807, 2.05) is 18.7 Å². The number of aromatic nitrogens is 2. The molecule has 4 heteroatoms. The van der Waals surface area contributed by atoms with Crippen LogP contribution >= 0.6 is 11.6 Å². The molecule has 0 radical (unpaired) electrons. The zero-order valence-corrected chi connectivity index (χ0v) is 11.9. The van der Waals surface area contributed by atoms with Gasteiger partial charge in [0.1, 0.15) is 0 Å². The molecule has 0 bridgehead atoms. The lowest BCUT2D eigenvalue weighted by molar-refractivity contribution is 0.336. The second-order valence-corrected chi connectivity index (χ2v) is 5.97. The molecule has 0 aliphatic heterocycles. The van der Waals surface area contributed by atoms with E-state index >= 15 is 0 Å². The van der Waals surface area contributed by atoms with Crippen LogP contribution in [0, 0.1) is 18.3 Å². The monoisotopic (exact) mass is 255 g/mol. The Balaban J connectivity index is 1.91. The van der Waals surface area contributed by atoms with Gasteiger partial charge in [0, 0.05) is 20.1 Å². The Morgan fingerprint density at radius 2 is 2.12 bits per heavy atom. The Morgan fingerprint density at radius 1 is 1.47 bits per heavy atom. The van der Waals surface area contributed by atoms with E-state index in [0.717, 1.165) is 35.4 Å². The smallest absolute Gasteiger partial charge is 0.0860 e. The number of hydrogen-bond acceptors (Lipinski definition) is 2. The number of nitrogens with zero attached hydrogens (tertiary/aromatic N) is 2. The summed E-state index contributed by atoms with van der Waals surface area (Å²) < 4.78 is 1.87. The van der Waals surface area contributed by atoms with Gasteiger partial charge in [-0.25, -0.2) is 0 Å². The molecule has 1 fully saturated rings. The number of rotatable bonds is 5. The highest BCUT2D eigenvalue weighted by molar-refractivity contribution is 6.31. The topological polar surface area (TPSA) is 29.9 Å². The highest BCUT2D eigenvalue weighted by atomic mass is 35.5. The highest BCUT2D eigenvalue weighted by Crippen LogP contribution is 2.51. The molecule has 1 aromatic rings. The van der Waals surface area contributed by atoms with E-state index in [2.05, 4.69) is 24.3 Å². The van der Waals surface area contributed by atoms with Gasteiger partial charge in [-0.15, -0.1) is 0 Å². The maximum absolute atomic E-state index is 6.22. The Labute approximate surface area is 109 Å². The average molecular weight is 256 g/mol.